The number of rotatable bonds is 6. The number of ether oxygens (including phenoxy) is 1. The van der Waals surface area contributed by atoms with E-state index in [0.29, 0.717) is 25.3 Å². The van der Waals surface area contributed by atoms with Crippen molar-refractivity contribution in [3.63, 3.8) is 0 Å². The second-order valence-corrected chi connectivity index (χ2v) is 6.12. The Kier molecular flexibility index (Phi) is 5.55. The van der Waals surface area contributed by atoms with E-state index in [0.717, 1.165) is 16.5 Å². The van der Waals surface area contributed by atoms with E-state index in [1.165, 1.54) is 0 Å². The van der Waals surface area contributed by atoms with E-state index in [4.69, 9.17) is 4.74 Å². The van der Waals surface area contributed by atoms with Crippen LogP contribution in [-0.2, 0) is 16.1 Å². The van der Waals surface area contributed by atoms with Gasteiger partial charge in [-0.1, -0.05) is 25.5 Å². The van der Waals surface area contributed by atoms with Crippen LogP contribution in [0.1, 0.15) is 25.0 Å². The summed E-state index contributed by atoms with van der Waals surface area (Å²) in [6, 6.07) is 7.76. The van der Waals surface area contributed by atoms with Crippen molar-refractivity contribution >= 4 is 16.8 Å². The average molecular weight is 316 g/mol. The lowest BCUT2D eigenvalue weighted by Crippen LogP contribution is -2.37. The molecule has 0 aliphatic rings. The number of fused-ring (bicyclic) bond motifs is 1. The minimum Gasteiger partial charge on any atom is -0.383 e. The largest absolute Gasteiger partial charge is 0.383 e. The molecule has 0 atom stereocenters. The van der Waals surface area contributed by atoms with Crippen LogP contribution in [0.15, 0.2) is 29.1 Å². The van der Waals surface area contributed by atoms with Gasteiger partial charge in [0.2, 0.25) is 5.91 Å². The fourth-order valence-corrected chi connectivity index (χ4v) is 2.53. The van der Waals surface area contributed by atoms with E-state index in [1.54, 1.807) is 12.0 Å². The molecule has 0 bridgehead atoms. The number of methoxy groups -OCH3 is 1. The minimum atomic E-state index is -0.152. The summed E-state index contributed by atoms with van der Waals surface area (Å²) >= 11 is 0. The van der Waals surface area contributed by atoms with Crippen LogP contribution in [-0.4, -0.2) is 36.1 Å². The van der Waals surface area contributed by atoms with Crippen molar-refractivity contribution in [3.05, 3.63) is 45.7 Å². The fraction of sp³-hybridized carbons (Fsp3) is 0.444. The van der Waals surface area contributed by atoms with Crippen molar-refractivity contribution < 1.29 is 9.53 Å². The van der Waals surface area contributed by atoms with Gasteiger partial charge in [0.15, 0.2) is 0 Å². The summed E-state index contributed by atoms with van der Waals surface area (Å²) in [7, 11) is 1.60. The van der Waals surface area contributed by atoms with Crippen LogP contribution in [0, 0.1) is 12.8 Å². The van der Waals surface area contributed by atoms with Gasteiger partial charge in [0.05, 0.1) is 13.2 Å². The van der Waals surface area contributed by atoms with Crippen LogP contribution in [0.3, 0.4) is 0 Å². The molecule has 2 aromatic rings. The first-order valence-corrected chi connectivity index (χ1v) is 7.82. The zero-order valence-corrected chi connectivity index (χ0v) is 14.2. The number of carbonyl (C=O) groups excluding carboxylic acids is 1. The lowest BCUT2D eigenvalue weighted by atomic mass is 10.1. The summed E-state index contributed by atoms with van der Waals surface area (Å²) in [6.07, 6.45) is 0. The summed E-state index contributed by atoms with van der Waals surface area (Å²) in [5, 5.41) is 0.975. The number of aromatic amines is 1. The maximum Gasteiger partial charge on any atom is 0.253 e. The van der Waals surface area contributed by atoms with Gasteiger partial charge in [-0.3, -0.25) is 9.59 Å². The molecule has 0 fully saturated rings. The molecule has 0 aliphatic heterocycles. The molecule has 0 aliphatic carbocycles. The molecule has 0 radical (unpaired) electrons. The summed E-state index contributed by atoms with van der Waals surface area (Å²) < 4.78 is 5.08. The Bertz CT molecular complexity index is 750. The molecular formula is C18H24N2O3. The zero-order valence-electron chi connectivity index (χ0n) is 14.2. The molecule has 1 amide bonds. The number of carbonyl (C=O) groups is 1. The summed E-state index contributed by atoms with van der Waals surface area (Å²) in [5.74, 6) is -0.0978. The molecule has 5 nitrogen and oxygen atoms in total. The number of benzene rings is 1. The molecule has 0 spiro atoms. The first-order chi connectivity index (χ1) is 10.9. The normalized spacial score (nSPS) is 11.2. The van der Waals surface area contributed by atoms with Crippen molar-refractivity contribution in [2.75, 3.05) is 20.3 Å². The Balaban J connectivity index is 2.34. The number of nitrogens with zero attached hydrogens (tertiary/aromatic N) is 1. The third kappa shape index (κ3) is 4.20. The molecule has 1 aromatic carbocycles. The predicted molar refractivity (Wildman–Crippen MR) is 91.4 cm³/mol. The standard InChI is InChI=1S/C18H24N2O3/c1-12(2)18(22)20(7-8-23-4)11-15-10-14-9-13(3)5-6-16(14)19-17(15)21/h5-6,9-10,12H,7-8,11H2,1-4H3,(H,19,21). The number of H-pyrrole nitrogens is 1. The Morgan fingerprint density at radius 1 is 1.30 bits per heavy atom. The van der Waals surface area contributed by atoms with Crippen LogP contribution >= 0.6 is 0 Å². The predicted octanol–water partition coefficient (Wildman–Crippen LogP) is 2.47. The van der Waals surface area contributed by atoms with Crippen LogP contribution in [0.4, 0.5) is 0 Å². The number of aryl methyl sites for hydroxylation is 1. The van der Waals surface area contributed by atoms with E-state index < -0.39 is 0 Å². The topological polar surface area (TPSA) is 62.4 Å². The molecule has 124 valence electrons. The van der Waals surface area contributed by atoms with E-state index in [9.17, 15) is 9.59 Å². The maximum atomic E-state index is 12.3. The van der Waals surface area contributed by atoms with Crippen molar-refractivity contribution in [2.45, 2.75) is 27.3 Å². The quantitative estimate of drug-likeness (QED) is 0.890. The van der Waals surface area contributed by atoms with Gasteiger partial charge in [-0.15, -0.1) is 0 Å². The lowest BCUT2D eigenvalue weighted by molar-refractivity contribution is -0.135. The zero-order chi connectivity index (χ0) is 17.0. The second kappa shape index (κ2) is 7.42. The van der Waals surface area contributed by atoms with Gasteiger partial charge in [-0.25, -0.2) is 0 Å². The van der Waals surface area contributed by atoms with Gasteiger partial charge >= 0.3 is 0 Å². The number of hydrogen-bond donors (Lipinski definition) is 1. The van der Waals surface area contributed by atoms with Crippen LogP contribution in [0.5, 0.6) is 0 Å². The third-order valence-corrected chi connectivity index (χ3v) is 3.81. The second-order valence-electron chi connectivity index (χ2n) is 6.12. The van der Waals surface area contributed by atoms with Crippen LogP contribution < -0.4 is 5.56 Å². The molecule has 2 rings (SSSR count). The van der Waals surface area contributed by atoms with E-state index in [2.05, 4.69) is 4.98 Å². The van der Waals surface area contributed by atoms with E-state index in [-0.39, 0.29) is 17.4 Å². The number of amides is 1. The smallest absolute Gasteiger partial charge is 0.253 e. The Morgan fingerprint density at radius 3 is 2.70 bits per heavy atom. The molecule has 0 unspecified atom stereocenters. The minimum absolute atomic E-state index is 0.0192. The average Bonchev–Trinajstić information content (AvgIpc) is 2.51. The Morgan fingerprint density at radius 2 is 2.04 bits per heavy atom. The Labute approximate surface area is 136 Å². The lowest BCUT2D eigenvalue weighted by Gasteiger charge is -2.24. The summed E-state index contributed by atoms with van der Waals surface area (Å²) in [4.78, 5) is 29.2. The first-order valence-electron chi connectivity index (χ1n) is 7.82. The highest BCUT2D eigenvalue weighted by Crippen LogP contribution is 2.15. The number of nitrogens with one attached hydrogen (secondary N) is 1. The number of aromatic nitrogens is 1. The molecular weight excluding hydrogens is 292 g/mol. The van der Waals surface area contributed by atoms with Gasteiger partial charge in [0.1, 0.15) is 0 Å². The van der Waals surface area contributed by atoms with Gasteiger partial charge < -0.3 is 14.6 Å². The summed E-state index contributed by atoms with van der Waals surface area (Å²) in [6.45, 7) is 6.94. The molecule has 23 heavy (non-hydrogen) atoms. The van der Waals surface area contributed by atoms with Gasteiger partial charge in [0.25, 0.3) is 5.56 Å². The van der Waals surface area contributed by atoms with Crippen molar-refractivity contribution in [3.8, 4) is 0 Å². The van der Waals surface area contributed by atoms with Crippen LogP contribution in [0.25, 0.3) is 10.9 Å². The monoisotopic (exact) mass is 316 g/mol. The van der Waals surface area contributed by atoms with E-state index in [1.807, 2.05) is 45.0 Å². The highest BCUT2D eigenvalue weighted by molar-refractivity contribution is 5.80. The number of pyridine rings is 1. The molecule has 5 heteroatoms. The van der Waals surface area contributed by atoms with Crippen molar-refractivity contribution in [1.29, 1.82) is 0 Å². The number of hydrogen-bond acceptors (Lipinski definition) is 3. The fourth-order valence-electron chi connectivity index (χ4n) is 2.53. The maximum absolute atomic E-state index is 12.3. The molecule has 1 N–H and O–H groups in total. The molecule has 0 saturated heterocycles. The third-order valence-electron chi connectivity index (χ3n) is 3.81. The highest BCUT2D eigenvalue weighted by atomic mass is 16.5. The molecule has 0 saturated carbocycles. The van der Waals surface area contributed by atoms with E-state index >= 15 is 0 Å². The summed E-state index contributed by atoms with van der Waals surface area (Å²) in [5.41, 5.74) is 2.38. The molecule has 1 aromatic heterocycles. The van der Waals surface area contributed by atoms with Gasteiger partial charge in [-0.05, 0) is 30.5 Å². The Hall–Kier alpha value is -2.14. The highest BCUT2D eigenvalue weighted by Gasteiger charge is 2.18. The SMILES string of the molecule is COCCN(Cc1cc2cc(C)ccc2[nH]c1=O)C(=O)C(C)C. The van der Waals surface area contributed by atoms with Gasteiger partial charge in [0, 0.05) is 30.7 Å². The van der Waals surface area contributed by atoms with Crippen molar-refractivity contribution in [1.82, 2.24) is 9.88 Å². The van der Waals surface area contributed by atoms with Gasteiger partial charge in [-0.2, -0.15) is 0 Å². The van der Waals surface area contributed by atoms with Crippen LogP contribution in [0.2, 0.25) is 0 Å². The van der Waals surface area contributed by atoms with Crippen molar-refractivity contribution in [2.24, 2.45) is 5.92 Å². The molecule has 1 heterocycles. The first kappa shape index (κ1) is 17.2.